The Morgan fingerprint density at radius 1 is 1.50 bits per heavy atom. The molecule has 0 aromatic heterocycles. The number of benzene rings is 1. The first-order valence-corrected chi connectivity index (χ1v) is 4.73. The molecule has 0 saturated heterocycles. The highest BCUT2D eigenvalue weighted by Gasteiger charge is 2.25. The number of hydrogen-bond donors (Lipinski definition) is 0. The summed E-state index contributed by atoms with van der Waals surface area (Å²) in [5.74, 6) is -0.994. The Morgan fingerprint density at radius 3 is 2.79 bits per heavy atom. The molecule has 0 bridgehead atoms. The van der Waals surface area contributed by atoms with Crippen molar-refractivity contribution in [3.8, 4) is 5.75 Å². The van der Waals surface area contributed by atoms with Gasteiger partial charge in [0.15, 0.2) is 0 Å². The first-order valence-electron chi connectivity index (χ1n) is 4.35. The highest BCUT2D eigenvalue weighted by atomic mass is 35.5. The van der Waals surface area contributed by atoms with Crippen LogP contribution < -0.4 is 9.84 Å². The Labute approximate surface area is 86.3 Å². The number of hydrogen-bond acceptors (Lipinski definition) is 3. The van der Waals surface area contributed by atoms with E-state index in [0.29, 0.717) is 5.75 Å². The molecule has 0 radical (unpaired) electrons. The van der Waals surface area contributed by atoms with Crippen molar-refractivity contribution in [2.45, 2.75) is 18.9 Å². The van der Waals surface area contributed by atoms with Crippen molar-refractivity contribution in [3.63, 3.8) is 0 Å². The molecule has 14 heavy (non-hydrogen) atoms. The molecule has 0 unspecified atom stereocenters. The molecule has 0 spiro atoms. The lowest BCUT2D eigenvalue weighted by Gasteiger charge is -2.12. The standard InChI is InChI=1S/C10H9ClO3/c11-7-2-1-3-8(9(7)10(12)13)14-6-4-5-6/h1-3,6H,4-5H2,(H,12,13)/p-1. The van der Waals surface area contributed by atoms with Gasteiger partial charge in [0.1, 0.15) is 5.75 Å². The molecule has 1 aliphatic carbocycles. The molecular weight excluding hydrogens is 204 g/mol. The molecule has 74 valence electrons. The Bertz CT molecular complexity index is 372. The third kappa shape index (κ3) is 1.82. The lowest BCUT2D eigenvalue weighted by Crippen LogP contribution is -2.23. The number of carboxylic acids is 1. The van der Waals surface area contributed by atoms with Gasteiger partial charge in [-0.1, -0.05) is 17.7 Å². The summed E-state index contributed by atoms with van der Waals surface area (Å²) in [5, 5.41) is 10.9. The smallest absolute Gasteiger partial charge is 0.130 e. The van der Waals surface area contributed by atoms with Gasteiger partial charge in [0, 0.05) is 0 Å². The Kier molecular flexibility index (Phi) is 2.33. The van der Waals surface area contributed by atoms with Gasteiger partial charge in [0.2, 0.25) is 0 Å². The third-order valence-corrected chi connectivity index (χ3v) is 2.31. The van der Waals surface area contributed by atoms with Gasteiger partial charge in [-0.15, -0.1) is 0 Å². The van der Waals surface area contributed by atoms with Crippen molar-refractivity contribution in [2.75, 3.05) is 0 Å². The van der Waals surface area contributed by atoms with Crippen LogP contribution in [-0.2, 0) is 0 Å². The van der Waals surface area contributed by atoms with Gasteiger partial charge in [0.25, 0.3) is 0 Å². The Morgan fingerprint density at radius 2 is 2.21 bits per heavy atom. The average Bonchev–Trinajstić information content (AvgIpc) is 2.87. The fourth-order valence-corrected chi connectivity index (χ4v) is 1.41. The van der Waals surface area contributed by atoms with E-state index in [9.17, 15) is 9.90 Å². The van der Waals surface area contributed by atoms with E-state index in [-0.39, 0.29) is 16.7 Å². The lowest BCUT2D eigenvalue weighted by atomic mass is 10.2. The minimum Gasteiger partial charge on any atom is -0.545 e. The molecule has 1 saturated carbocycles. The zero-order chi connectivity index (χ0) is 10.1. The number of halogens is 1. The molecule has 2 rings (SSSR count). The van der Waals surface area contributed by atoms with Crippen LogP contribution in [0.3, 0.4) is 0 Å². The highest BCUT2D eigenvalue weighted by Crippen LogP contribution is 2.31. The molecular formula is C10H8ClO3-. The second-order valence-corrected chi connectivity index (χ2v) is 3.62. The maximum atomic E-state index is 10.8. The van der Waals surface area contributed by atoms with Gasteiger partial charge in [-0.2, -0.15) is 0 Å². The van der Waals surface area contributed by atoms with Crippen molar-refractivity contribution in [3.05, 3.63) is 28.8 Å². The van der Waals surface area contributed by atoms with Crippen molar-refractivity contribution in [2.24, 2.45) is 0 Å². The van der Waals surface area contributed by atoms with E-state index in [4.69, 9.17) is 16.3 Å². The van der Waals surface area contributed by atoms with E-state index in [2.05, 4.69) is 0 Å². The largest absolute Gasteiger partial charge is 0.545 e. The predicted molar refractivity (Wildman–Crippen MR) is 49.4 cm³/mol. The molecule has 0 atom stereocenters. The second kappa shape index (κ2) is 3.50. The van der Waals surface area contributed by atoms with Gasteiger partial charge < -0.3 is 14.6 Å². The molecule has 1 aromatic carbocycles. The molecule has 3 nitrogen and oxygen atoms in total. The maximum absolute atomic E-state index is 10.8. The summed E-state index contributed by atoms with van der Waals surface area (Å²) >= 11 is 5.73. The summed E-state index contributed by atoms with van der Waals surface area (Å²) in [7, 11) is 0. The molecule has 0 aliphatic heterocycles. The molecule has 1 aromatic rings. The number of rotatable bonds is 3. The van der Waals surface area contributed by atoms with E-state index >= 15 is 0 Å². The van der Waals surface area contributed by atoms with Crippen molar-refractivity contribution in [1.29, 1.82) is 0 Å². The molecule has 0 N–H and O–H groups in total. The van der Waals surface area contributed by atoms with Crippen LogP contribution in [0, 0.1) is 0 Å². The molecule has 1 fully saturated rings. The zero-order valence-electron chi connectivity index (χ0n) is 7.33. The zero-order valence-corrected chi connectivity index (χ0v) is 8.08. The van der Waals surface area contributed by atoms with Gasteiger partial charge >= 0.3 is 0 Å². The average molecular weight is 212 g/mol. The molecule has 0 heterocycles. The number of carbonyl (C=O) groups is 1. The summed E-state index contributed by atoms with van der Waals surface area (Å²) < 4.78 is 5.39. The monoisotopic (exact) mass is 211 g/mol. The van der Waals surface area contributed by atoms with Crippen LogP contribution in [0.2, 0.25) is 5.02 Å². The van der Waals surface area contributed by atoms with Gasteiger partial charge in [-0.3, -0.25) is 0 Å². The van der Waals surface area contributed by atoms with Crippen LogP contribution in [-0.4, -0.2) is 12.1 Å². The molecule has 4 heteroatoms. The number of carboxylic acid groups (broad SMARTS) is 1. The maximum Gasteiger partial charge on any atom is 0.130 e. The quantitative estimate of drug-likeness (QED) is 0.756. The fourth-order valence-electron chi connectivity index (χ4n) is 1.17. The minimum atomic E-state index is -1.30. The fraction of sp³-hybridized carbons (Fsp3) is 0.300. The van der Waals surface area contributed by atoms with E-state index in [1.807, 2.05) is 0 Å². The summed E-state index contributed by atoms with van der Waals surface area (Å²) in [4.78, 5) is 10.8. The van der Waals surface area contributed by atoms with Crippen molar-refractivity contribution < 1.29 is 14.6 Å². The Hall–Kier alpha value is -1.22. The van der Waals surface area contributed by atoms with Crippen LogP contribution in [0.1, 0.15) is 23.2 Å². The Balaban J connectivity index is 2.35. The predicted octanol–water partition coefficient (Wildman–Crippen LogP) is 1.24. The number of ether oxygens (including phenoxy) is 1. The van der Waals surface area contributed by atoms with Crippen molar-refractivity contribution in [1.82, 2.24) is 0 Å². The summed E-state index contributed by atoms with van der Waals surface area (Å²) in [6, 6.07) is 4.76. The first-order chi connectivity index (χ1) is 6.68. The van der Waals surface area contributed by atoms with E-state index in [1.165, 1.54) is 6.07 Å². The van der Waals surface area contributed by atoms with Crippen LogP contribution in [0.5, 0.6) is 5.75 Å². The van der Waals surface area contributed by atoms with Crippen LogP contribution in [0.4, 0.5) is 0 Å². The normalized spacial score (nSPS) is 15.2. The van der Waals surface area contributed by atoms with E-state index in [1.54, 1.807) is 12.1 Å². The number of carbonyl (C=O) groups excluding carboxylic acids is 1. The SMILES string of the molecule is O=C([O-])c1c(Cl)cccc1OC1CC1. The summed E-state index contributed by atoms with van der Waals surface area (Å²) in [6.07, 6.45) is 2.09. The van der Waals surface area contributed by atoms with E-state index in [0.717, 1.165) is 12.8 Å². The second-order valence-electron chi connectivity index (χ2n) is 3.22. The number of aromatic carboxylic acids is 1. The van der Waals surface area contributed by atoms with Crippen LogP contribution in [0.15, 0.2) is 18.2 Å². The summed E-state index contributed by atoms with van der Waals surface area (Å²) in [5.41, 5.74) is -0.0546. The van der Waals surface area contributed by atoms with Gasteiger partial charge in [0.05, 0.1) is 22.7 Å². The topological polar surface area (TPSA) is 49.4 Å². The van der Waals surface area contributed by atoms with Gasteiger partial charge in [-0.25, -0.2) is 0 Å². The highest BCUT2D eigenvalue weighted by molar-refractivity contribution is 6.33. The third-order valence-electron chi connectivity index (χ3n) is 2.00. The van der Waals surface area contributed by atoms with Crippen LogP contribution in [0.25, 0.3) is 0 Å². The molecule has 0 amide bonds. The molecule has 1 aliphatic rings. The lowest BCUT2D eigenvalue weighted by molar-refractivity contribution is -0.255. The summed E-state index contributed by atoms with van der Waals surface area (Å²) in [6.45, 7) is 0. The first kappa shape index (κ1) is 9.34. The van der Waals surface area contributed by atoms with Crippen molar-refractivity contribution >= 4 is 17.6 Å². The van der Waals surface area contributed by atoms with Gasteiger partial charge in [-0.05, 0) is 25.0 Å². The minimum absolute atomic E-state index is 0.0546. The van der Waals surface area contributed by atoms with Crippen LogP contribution >= 0.6 is 11.6 Å². The van der Waals surface area contributed by atoms with E-state index < -0.39 is 5.97 Å².